The molecule has 240 valence electrons. The van der Waals surface area contributed by atoms with Gasteiger partial charge in [0.2, 0.25) is 0 Å². The van der Waals surface area contributed by atoms with Gasteiger partial charge in [0.15, 0.2) is 5.58 Å². The van der Waals surface area contributed by atoms with Crippen LogP contribution in [-0.4, -0.2) is 0 Å². The zero-order valence-corrected chi connectivity index (χ0v) is 28.5. The molecule has 2 aromatic heterocycles. The van der Waals surface area contributed by atoms with Crippen LogP contribution in [0.1, 0.15) is 0 Å². The summed E-state index contributed by atoms with van der Waals surface area (Å²) in [5.74, 6) is 0. The first kappa shape index (κ1) is 29.5. The highest BCUT2D eigenvalue weighted by atomic mass is 32.1. The van der Waals surface area contributed by atoms with Crippen LogP contribution in [0, 0.1) is 0 Å². The van der Waals surface area contributed by atoms with Crippen LogP contribution in [0.3, 0.4) is 0 Å². The van der Waals surface area contributed by atoms with Crippen molar-refractivity contribution in [1.82, 2.24) is 0 Å². The number of rotatable bonds is 6. The Kier molecular flexibility index (Phi) is 7.04. The smallest absolute Gasteiger partial charge is 0.159 e. The fraction of sp³-hybridized carbons (Fsp3) is 0. The monoisotopic (exact) mass is 669 g/mol. The molecule has 0 N–H and O–H groups in total. The average Bonchev–Trinajstić information content (AvgIpc) is 3.79. The van der Waals surface area contributed by atoms with Crippen LogP contribution in [0.5, 0.6) is 0 Å². The van der Waals surface area contributed by atoms with E-state index in [1.54, 1.807) is 0 Å². The van der Waals surface area contributed by atoms with Gasteiger partial charge in [-0.05, 0) is 58.1 Å². The van der Waals surface area contributed by atoms with Gasteiger partial charge in [0.25, 0.3) is 0 Å². The topological polar surface area (TPSA) is 16.4 Å². The van der Waals surface area contributed by atoms with E-state index in [-0.39, 0.29) is 0 Å². The van der Waals surface area contributed by atoms with Crippen molar-refractivity contribution in [2.45, 2.75) is 0 Å². The van der Waals surface area contributed by atoms with Crippen molar-refractivity contribution in [1.29, 1.82) is 0 Å². The van der Waals surface area contributed by atoms with Crippen LogP contribution in [0.15, 0.2) is 192 Å². The van der Waals surface area contributed by atoms with Crippen LogP contribution in [0.25, 0.3) is 75.5 Å². The summed E-state index contributed by atoms with van der Waals surface area (Å²) in [5, 5.41) is 4.76. The molecule has 8 aromatic carbocycles. The minimum atomic E-state index is 0.870. The Hall–Kier alpha value is -6.42. The molecule has 0 fully saturated rings. The van der Waals surface area contributed by atoms with Gasteiger partial charge >= 0.3 is 0 Å². The van der Waals surface area contributed by atoms with Gasteiger partial charge in [-0.1, -0.05) is 158 Å². The van der Waals surface area contributed by atoms with Crippen LogP contribution in [0.4, 0.5) is 17.1 Å². The van der Waals surface area contributed by atoms with Crippen LogP contribution >= 0.6 is 11.3 Å². The Morgan fingerprint density at radius 3 is 1.57 bits per heavy atom. The maximum atomic E-state index is 6.97. The van der Waals surface area contributed by atoms with Crippen molar-refractivity contribution in [3.8, 4) is 33.4 Å². The van der Waals surface area contributed by atoms with E-state index in [9.17, 15) is 0 Å². The number of benzene rings is 8. The Labute approximate surface area is 300 Å². The molecule has 0 amide bonds. The number of hydrogen-bond donors (Lipinski definition) is 0. The van der Waals surface area contributed by atoms with Gasteiger partial charge in [-0.2, -0.15) is 0 Å². The van der Waals surface area contributed by atoms with Crippen LogP contribution in [0.2, 0.25) is 0 Å². The minimum Gasteiger partial charge on any atom is -0.453 e. The summed E-state index contributed by atoms with van der Waals surface area (Å²) >= 11 is 1.84. The molecule has 3 heteroatoms. The molecule has 10 rings (SSSR count). The summed E-state index contributed by atoms with van der Waals surface area (Å²) in [6.45, 7) is 0. The second-order valence-corrected chi connectivity index (χ2v) is 13.9. The van der Waals surface area contributed by atoms with E-state index in [1.165, 1.54) is 42.4 Å². The summed E-state index contributed by atoms with van der Waals surface area (Å²) < 4.78 is 9.50. The van der Waals surface area contributed by atoms with Crippen molar-refractivity contribution < 1.29 is 4.42 Å². The van der Waals surface area contributed by atoms with E-state index >= 15 is 0 Å². The summed E-state index contributed by atoms with van der Waals surface area (Å²) in [5.41, 5.74) is 12.0. The third kappa shape index (κ3) is 5.01. The molecule has 10 aromatic rings. The Bertz CT molecular complexity index is 2830. The van der Waals surface area contributed by atoms with Crippen LogP contribution in [-0.2, 0) is 0 Å². The van der Waals surface area contributed by atoms with Crippen molar-refractivity contribution in [2.24, 2.45) is 0 Å². The normalized spacial score (nSPS) is 11.5. The predicted octanol–water partition coefficient (Wildman–Crippen LogP) is 14.4. The second kappa shape index (κ2) is 12.2. The van der Waals surface area contributed by atoms with Crippen molar-refractivity contribution in [2.75, 3.05) is 4.90 Å². The molecule has 0 atom stereocenters. The van der Waals surface area contributed by atoms with Gasteiger partial charge < -0.3 is 9.32 Å². The largest absolute Gasteiger partial charge is 0.453 e. The molecule has 0 bridgehead atoms. The van der Waals surface area contributed by atoms with E-state index in [4.69, 9.17) is 4.42 Å². The van der Waals surface area contributed by atoms with E-state index < -0.39 is 0 Å². The van der Waals surface area contributed by atoms with Gasteiger partial charge in [-0.3, -0.25) is 0 Å². The fourth-order valence-corrected chi connectivity index (χ4v) is 8.64. The maximum absolute atomic E-state index is 6.97. The third-order valence-corrected chi connectivity index (χ3v) is 11.1. The molecule has 0 spiro atoms. The first-order valence-electron chi connectivity index (χ1n) is 17.3. The molecular weight excluding hydrogens is 639 g/mol. The molecule has 0 saturated heterocycles. The summed E-state index contributed by atoms with van der Waals surface area (Å²) in [4.78, 5) is 2.38. The van der Waals surface area contributed by atoms with E-state index in [2.05, 4.69) is 193 Å². The van der Waals surface area contributed by atoms with E-state index in [0.29, 0.717) is 0 Å². The highest BCUT2D eigenvalue weighted by Crippen LogP contribution is 2.48. The zero-order chi connectivity index (χ0) is 33.7. The van der Waals surface area contributed by atoms with Crippen molar-refractivity contribution in [3.05, 3.63) is 188 Å². The lowest BCUT2D eigenvalue weighted by Gasteiger charge is -2.26. The molecule has 0 radical (unpaired) electrons. The van der Waals surface area contributed by atoms with Gasteiger partial charge in [0.05, 0.1) is 16.1 Å². The molecule has 0 unspecified atom stereocenters. The number of thiophene rings is 1. The van der Waals surface area contributed by atoms with Gasteiger partial charge in [-0.15, -0.1) is 11.3 Å². The first-order valence-corrected chi connectivity index (χ1v) is 18.1. The van der Waals surface area contributed by atoms with Crippen molar-refractivity contribution in [3.63, 3.8) is 0 Å². The second-order valence-electron chi connectivity index (χ2n) is 12.9. The number of para-hydroxylation sites is 2. The highest BCUT2D eigenvalue weighted by Gasteiger charge is 2.23. The summed E-state index contributed by atoms with van der Waals surface area (Å²) in [6, 6.07) is 67.2. The molecular formula is C48H31NOS. The number of furan rings is 1. The zero-order valence-electron chi connectivity index (χ0n) is 27.7. The molecule has 2 nitrogen and oxygen atoms in total. The number of nitrogens with zero attached hydrogens (tertiary/aromatic N) is 1. The lowest BCUT2D eigenvalue weighted by molar-refractivity contribution is 0.670. The van der Waals surface area contributed by atoms with Crippen LogP contribution < -0.4 is 4.90 Å². The predicted molar refractivity (Wildman–Crippen MR) is 218 cm³/mol. The number of anilines is 3. The summed E-state index contributed by atoms with van der Waals surface area (Å²) in [6.07, 6.45) is 0. The fourth-order valence-electron chi connectivity index (χ4n) is 7.43. The number of hydrogen-bond acceptors (Lipinski definition) is 3. The Morgan fingerprint density at radius 2 is 0.863 bits per heavy atom. The first-order chi connectivity index (χ1) is 25.3. The van der Waals surface area contributed by atoms with E-state index in [0.717, 1.165) is 50.1 Å². The number of fused-ring (bicyclic) bond motifs is 6. The van der Waals surface area contributed by atoms with Crippen molar-refractivity contribution >= 4 is 70.5 Å². The van der Waals surface area contributed by atoms with Gasteiger partial charge in [-0.25, -0.2) is 0 Å². The molecule has 2 heterocycles. The minimum absolute atomic E-state index is 0.870. The highest BCUT2D eigenvalue weighted by molar-refractivity contribution is 7.26. The Balaban J connectivity index is 1.16. The lowest BCUT2D eigenvalue weighted by atomic mass is 10.00. The molecule has 0 aliphatic rings. The van der Waals surface area contributed by atoms with Gasteiger partial charge in [0, 0.05) is 37.5 Å². The SMILES string of the molecule is c1ccc(-c2ccc(-c3ccc(N(c4cccc5c4oc4c(-c6ccccc6)cccc45)c4cccc5c4sc4ccccc45)cc3)cc2)cc1. The maximum Gasteiger partial charge on any atom is 0.159 e. The Morgan fingerprint density at radius 1 is 0.353 bits per heavy atom. The van der Waals surface area contributed by atoms with Gasteiger partial charge in [0.1, 0.15) is 5.58 Å². The lowest BCUT2D eigenvalue weighted by Crippen LogP contribution is -2.10. The quantitative estimate of drug-likeness (QED) is 0.175. The third-order valence-electron chi connectivity index (χ3n) is 9.90. The van der Waals surface area contributed by atoms with E-state index in [1.807, 2.05) is 11.3 Å². The molecule has 0 aliphatic carbocycles. The average molecular weight is 670 g/mol. The molecule has 0 saturated carbocycles. The standard InChI is InChI=1S/C48H31NOS/c1-3-12-32(13-4-1)33-24-26-34(27-25-33)35-28-30-37(31-29-35)49(44-22-11-20-42-39-16-7-8-23-45(39)51-48(42)44)43-21-10-19-41-40-18-9-17-38(46(40)50-47(41)43)36-14-5-2-6-15-36/h1-31H. The molecule has 0 aliphatic heterocycles. The summed E-state index contributed by atoms with van der Waals surface area (Å²) in [7, 11) is 0. The molecule has 51 heavy (non-hydrogen) atoms.